The van der Waals surface area contributed by atoms with Crippen molar-refractivity contribution in [3.05, 3.63) is 11.6 Å². The number of rotatable bonds is 0. The van der Waals surface area contributed by atoms with Crippen molar-refractivity contribution in [3.8, 4) is 0 Å². The molecule has 4 aliphatic carbocycles. The summed E-state index contributed by atoms with van der Waals surface area (Å²) in [6.45, 7) is 4.96. The third kappa shape index (κ3) is 1.84. The van der Waals surface area contributed by atoms with Crippen LogP contribution in [0.2, 0.25) is 0 Å². The van der Waals surface area contributed by atoms with E-state index in [9.17, 15) is 10.2 Å². The molecule has 0 aromatic rings. The molecule has 118 valence electrons. The van der Waals surface area contributed by atoms with Gasteiger partial charge in [-0.15, -0.1) is 0 Å². The highest BCUT2D eigenvalue weighted by Gasteiger charge is 2.58. The zero-order valence-corrected chi connectivity index (χ0v) is 13.5. The SMILES string of the molecule is C[C@H]1CCC2C3CCC4=CC(O)CC[C@]4(O)C3CC[C@@]21C. The van der Waals surface area contributed by atoms with E-state index in [0.29, 0.717) is 17.3 Å². The molecule has 0 spiro atoms. The molecule has 4 rings (SSSR count). The lowest BCUT2D eigenvalue weighted by Crippen LogP contribution is -2.55. The maximum absolute atomic E-state index is 11.4. The van der Waals surface area contributed by atoms with Crippen molar-refractivity contribution in [3.63, 3.8) is 0 Å². The monoisotopic (exact) mass is 290 g/mol. The third-order valence-electron chi connectivity index (χ3n) is 8.04. The zero-order valence-electron chi connectivity index (χ0n) is 13.5. The normalized spacial score (nSPS) is 56.2. The summed E-state index contributed by atoms with van der Waals surface area (Å²) in [6, 6.07) is 0. The van der Waals surface area contributed by atoms with Crippen LogP contribution < -0.4 is 0 Å². The first kappa shape index (κ1) is 14.3. The molecular formula is C19H30O2. The number of fused-ring (bicyclic) bond motifs is 5. The second-order valence-electron chi connectivity index (χ2n) is 8.66. The van der Waals surface area contributed by atoms with Crippen LogP contribution in [0, 0.1) is 29.1 Å². The highest BCUT2D eigenvalue weighted by atomic mass is 16.3. The van der Waals surface area contributed by atoms with Gasteiger partial charge in [-0.3, -0.25) is 0 Å². The second kappa shape index (κ2) is 4.58. The van der Waals surface area contributed by atoms with E-state index in [0.717, 1.165) is 36.7 Å². The van der Waals surface area contributed by atoms with Gasteiger partial charge in [0.05, 0.1) is 11.7 Å². The molecule has 4 unspecified atom stereocenters. The summed E-state index contributed by atoms with van der Waals surface area (Å²) in [5, 5.41) is 21.3. The van der Waals surface area contributed by atoms with Crippen molar-refractivity contribution in [1.82, 2.24) is 0 Å². The van der Waals surface area contributed by atoms with Gasteiger partial charge in [0, 0.05) is 0 Å². The van der Waals surface area contributed by atoms with Gasteiger partial charge in [0.1, 0.15) is 0 Å². The first-order valence-corrected chi connectivity index (χ1v) is 9.07. The van der Waals surface area contributed by atoms with Gasteiger partial charge in [-0.25, -0.2) is 0 Å². The molecule has 0 aliphatic heterocycles. The molecule has 0 amide bonds. The zero-order chi connectivity index (χ0) is 14.8. The van der Waals surface area contributed by atoms with Crippen molar-refractivity contribution in [2.75, 3.05) is 0 Å². The Bertz CT molecular complexity index is 470. The Kier molecular flexibility index (Phi) is 3.11. The van der Waals surface area contributed by atoms with Crippen molar-refractivity contribution in [2.24, 2.45) is 29.1 Å². The lowest BCUT2D eigenvalue weighted by atomic mass is 9.50. The molecule has 4 aliphatic rings. The highest BCUT2D eigenvalue weighted by molar-refractivity contribution is 5.28. The van der Waals surface area contributed by atoms with E-state index in [1.54, 1.807) is 0 Å². The smallest absolute Gasteiger partial charge is 0.0889 e. The predicted molar refractivity (Wildman–Crippen MR) is 83.7 cm³/mol. The van der Waals surface area contributed by atoms with Crippen LogP contribution in [0.25, 0.3) is 0 Å². The number of aliphatic hydroxyl groups excluding tert-OH is 1. The Labute approximate surface area is 128 Å². The summed E-state index contributed by atoms with van der Waals surface area (Å²) in [7, 11) is 0. The largest absolute Gasteiger partial charge is 0.389 e. The molecule has 0 bridgehead atoms. The Hall–Kier alpha value is -0.340. The van der Waals surface area contributed by atoms with Gasteiger partial charge in [-0.1, -0.05) is 19.9 Å². The van der Waals surface area contributed by atoms with E-state index in [4.69, 9.17) is 0 Å². The van der Waals surface area contributed by atoms with Gasteiger partial charge in [0.15, 0.2) is 0 Å². The van der Waals surface area contributed by atoms with Gasteiger partial charge in [-0.2, -0.15) is 0 Å². The summed E-state index contributed by atoms with van der Waals surface area (Å²) in [4.78, 5) is 0. The maximum Gasteiger partial charge on any atom is 0.0889 e. The van der Waals surface area contributed by atoms with Crippen molar-refractivity contribution < 1.29 is 10.2 Å². The fourth-order valence-electron chi connectivity index (χ4n) is 6.58. The van der Waals surface area contributed by atoms with E-state index in [1.807, 2.05) is 6.08 Å². The van der Waals surface area contributed by atoms with Crippen LogP contribution in [0.4, 0.5) is 0 Å². The van der Waals surface area contributed by atoms with Crippen LogP contribution in [0.5, 0.6) is 0 Å². The van der Waals surface area contributed by atoms with Gasteiger partial charge in [0.2, 0.25) is 0 Å². The fourth-order valence-corrected chi connectivity index (χ4v) is 6.58. The van der Waals surface area contributed by atoms with Gasteiger partial charge in [0.25, 0.3) is 0 Å². The molecule has 0 aromatic heterocycles. The maximum atomic E-state index is 11.4. The highest BCUT2D eigenvalue weighted by Crippen LogP contribution is 2.64. The molecule has 2 heteroatoms. The number of aliphatic hydroxyl groups is 2. The molecule has 0 saturated heterocycles. The summed E-state index contributed by atoms with van der Waals surface area (Å²) in [6.07, 6.45) is 10.6. The predicted octanol–water partition coefficient (Wildman–Crippen LogP) is 3.67. The quantitative estimate of drug-likeness (QED) is 0.668. The van der Waals surface area contributed by atoms with Crippen LogP contribution in [-0.4, -0.2) is 21.9 Å². The average molecular weight is 290 g/mol. The minimum Gasteiger partial charge on any atom is -0.389 e. The molecule has 3 saturated carbocycles. The van der Waals surface area contributed by atoms with Crippen LogP contribution in [-0.2, 0) is 0 Å². The summed E-state index contributed by atoms with van der Waals surface area (Å²) in [5.74, 6) is 2.84. The summed E-state index contributed by atoms with van der Waals surface area (Å²) in [5.41, 5.74) is 1.10. The first-order valence-electron chi connectivity index (χ1n) is 9.07. The Morgan fingerprint density at radius 3 is 2.67 bits per heavy atom. The number of hydrogen-bond acceptors (Lipinski definition) is 2. The molecule has 0 radical (unpaired) electrons. The minimum absolute atomic E-state index is 0.322. The fraction of sp³-hybridized carbons (Fsp3) is 0.895. The number of hydrogen-bond donors (Lipinski definition) is 2. The van der Waals surface area contributed by atoms with E-state index in [-0.39, 0.29) is 6.10 Å². The second-order valence-corrected chi connectivity index (χ2v) is 8.66. The lowest BCUT2D eigenvalue weighted by Gasteiger charge is -2.57. The first-order chi connectivity index (χ1) is 9.95. The third-order valence-corrected chi connectivity index (χ3v) is 8.04. The van der Waals surface area contributed by atoms with Crippen LogP contribution in [0.3, 0.4) is 0 Å². The van der Waals surface area contributed by atoms with E-state index in [1.165, 1.54) is 32.1 Å². The average Bonchev–Trinajstić information content (AvgIpc) is 2.76. The standard InChI is InChI=1S/C19H30O2/c1-12-3-6-16-15-5-4-13-11-14(20)7-10-19(13,21)17(15)8-9-18(12,16)2/h11-12,14-17,20-21H,3-10H2,1-2H3/t12-,14?,15?,16?,17?,18+,19+/m0/s1. The molecule has 2 N–H and O–H groups in total. The van der Waals surface area contributed by atoms with Crippen LogP contribution in [0.15, 0.2) is 11.6 Å². The summed E-state index contributed by atoms with van der Waals surface area (Å²) < 4.78 is 0. The molecule has 0 heterocycles. The molecule has 7 atom stereocenters. The van der Waals surface area contributed by atoms with E-state index in [2.05, 4.69) is 13.8 Å². The molecule has 3 fully saturated rings. The Balaban J connectivity index is 1.67. The summed E-state index contributed by atoms with van der Waals surface area (Å²) >= 11 is 0. The van der Waals surface area contributed by atoms with Crippen molar-refractivity contribution >= 4 is 0 Å². The lowest BCUT2D eigenvalue weighted by molar-refractivity contribution is -0.111. The van der Waals surface area contributed by atoms with E-state index < -0.39 is 5.60 Å². The van der Waals surface area contributed by atoms with Crippen LogP contribution >= 0.6 is 0 Å². The van der Waals surface area contributed by atoms with Gasteiger partial charge < -0.3 is 10.2 Å². The van der Waals surface area contributed by atoms with Gasteiger partial charge >= 0.3 is 0 Å². The van der Waals surface area contributed by atoms with E-state index >= 15 is 0 Å². The van der Waals surface area contributed by atoms with Crippen molar-refractivity contribution in [1.29, 1.82) is 0 Å². The topological polar surface area (TPSA) is 40.5 Å². The Morgan fingerprint density at radius 2 is 1.86 bits per heavy atom. The molecular weight excluding hydrogens is 260 g/mol. The van der Waals surface area contributed by atoms with Crippen molar-refractivity contribution in [2.45, 2.75) is 76.9 Å². The molecule has 0 aromatic carbocycles. The molecule has 2 nitrogen and oxygen atoms in total. The Morgan fingerprint density at radius 1 is 1.05 bits per heavy atom. The van der Waals surface area contributed by atoms with Crippen LogP contribution in [0.1, 0.15) is 65.2 Å². The molecule has 21 heavy (non-hydrogen) atoms. The minimum atomic E-state index is -0.588. The van der Waals surface area contributed by atoms with Gasteiger partial charge in [-0.05, 0) is 86.0 Å².